The third-order valence-corrected chi connectivity index (χ3v) is 3.16. The zero-order valence-electron chi connectivity index (χ0n) is 11.0. The normalized spacial score (nSPS) is 9.89. The van der Waals surface area contributed by atoms with Crippen molar-refractivity contribution in [2.75, 3.05) is 17.6 Å². The third kappa shape index (κ3) is 3.26. The van der Waals surface area contributed by atoms with Gasteiger partial charge in [-0.2, -0.15) is 5.26 Å². The molecule has 0 amide bonds. The highest BCUT2D eigenvalue weighted by Gasteiger charge is 2.01. The van der Waals surface area contributed by atoms with E-state index in [2.05, 4.69) is 36.5 Å². The van der Waals surface area contributed by atoms with Gasteiger partial charge in [-0.15, -0.1) is 0 Å². The summed E-state index contributed by atoms with van der Waals surface area (Å²) in [5, 5.41) is 12.2. The maximum atomic E-state index is 8.92. The molecule has 0 heterocycles. The van der Waals surface area contributed by atoms with E-state index in [0.29, 0.717) is 11.3 Å². The molecule has 0 fully saturated rings. The van der Waals surface area contributed by atoms with E-state index in [1.807, 2.05) is 12.1 Å². The zero-order chi connectivity index (χ0) is 13.7. The van der Waals surface area contributed by atoms with Crippen LogP contribution in [0.5, 0.6) is 0 Å². The highest BCUT2D eigenvalue weighted by Crippen LogP contribution is 2.17. The second-order valence-corrected chi connectivity index (χ2v) is 4.52. The fourth-order valence-corrected chi connectivity index (χ4v) is 2.00. The van der Waals surface area contributed by atoms with E-state index < -0.39 is 0 Å². The van der Waals surface area contributed by atoms with Gasteiger partial charge in [0.15, 0.2) is 0 Å². The first-order valence-corrected chi connectivity index (χ1v) is 6.28. The molecule has 0 saturated carbocycles. The lowest BCUT2D eigenvalue weighted by Gasteiger charge is -2.09. The molecule has 3 N–H and O–H groups in total. The lowest BCUT2D eigenvalue weighted by molar-refractivity contribution is 1.01. The molecule has 0 spiro atoms. The Balaban J connectivity index is 1.97. The molecule has 0 aromatic heterocycles. The van der Waals surface area contributed by atoms with Crippen LogP contribution in [0.15, 0.2) is 42.5 Å². The second-order valence-electron chi connectivity index (χ2n) is 4.52. The summed E-state index contributed by atoms with van der Waals surface area (Å²) in [5.41, 5.74) is 10.3. The molecule has 0 aliphatic carbocycles. The van der Waals surface area contributed by atoms with Gasteiger partial charge in [0.25, 0.3) is 0 Å². The Hall–Kier alpha value is -2.47. The van der Waals surface area contributed by atoms with E-state index in [9.17, 15) is 0 Å². The first kappa shape index (κ1) is 13.0. The van der Waals surface area contributed by atoms with Crippen LogP contribution in [0.4, 0.5) is 11.4 Å². The van der Waals surface area contributed by atoms with Gasteiger partial charge >= 0.3 is 0 Å². The summed E-state index contributed by atoms with van der Waals surface area (Å²) in [6.07, 6.45) is 0.957. The fourth-order valence-electron chi connectivity index (χ4n) is 2.00. The number of nitrogens with two attached hydrogens (primary N) is 1. The molecule has 0 unspecified atom stereocenters. The Morgan fingerprint density at radius 3 is 2.74 bits per heavy atom. The minimum atomic E-state index is 0.515. The molecular formula is C16H17N3. The van der Waals surface area contributed by atoms with E-state index >= 15 is 0 Å². The Kier molecular flexibility index (Phi) is 4.04. The maximum absolute atomic E-state index is 8.92. The van der Waals surface area contributed by atoms with Gasteiger partial charge in [0, 0.05) is 17.9 Å². The van der Waals surface area contributed by atoms with Crippen LogP contribution >= 0.6 is 0 Å². The van der Waals surface area contributed by atoms with Crippen LogP contribution in [-0.4, -0.2) is 6.54 Å². The van der Waals surface area contributed by atoms with E-state index in [-0.39, 0.29) is 0 Å². The molecule has 2 aromatic carbocycles. The number of nitrogens with zero attached hydrogens (tertiary/aromatic N) is 1. The van der Waals surface area contributed by atoms with Gasteiger partial charge in [0.1, 0.15) is 6.07 Å². The molecule has 0 aliphatic heterocycles. The molecule has 0 atom stereocenters. The molecule has 0 radical (unpaired) electrons. The Labute approximate surface area is 113 Å². The van der Waals surface area contributed by atoms with Gasteiger partial charge in [-0.1, -0.05) is 24.3 Å². The molecule has 2 rings (SSSR count). The van der Waals surface area contributed by atoms with Crippen LogP contribution in [0.2, 0.25) is 0 Å². The van der Waals surface area contributed by atoms with Gasteiger partial charge in [0.2, 0.25) is 0 Å². The van der Waals surface area contributed by atoms with Crippen LogP contribution in [-0.2, 0) is 6.42 Å². The highest BCUT2D eigenvalue weighted by molar-refractivity contribution is 5.61. The Morgan fingerprint density at radius 2 is 2.00 bits per heavy atom. The van der Waals surface area contributed by atoms with Crippen molar-refractivity contribution in [1.82, 2.24) is 0 Å². The zero-order valence-corrected chi connectivity index (χ0v) is 11.0. The van der Waals surface area contributed by atoms with E-state index in [0.717, 1.165) is 18.7 Å². The fraction of sp³-hybridized carbons (Fsp3) is 0.188. The Bertz CT molecular complexity index is 612. The van der Waals surface area contributed by atoms with Crippen LogP contribution in [0.25, 0.3) is 0 Å². The second kappa shape index (κ2) is 5.92. The molecule has 0 bridgehead atoms. The van der Waals surface area contributed by atoms with Crippen molar-refractivity contribution in [2.45, 2.75) is 13.3 Å². The van der Waals surface area contributed by atoms with E-state index in [1.165, 1.54) is 11.1 Å². The minimum Gasteiger partial charge on any atom is -0.398 e. The van der Waals surface area contributed by atoms with E-state index in [1.54, 1.807) is 12.1 Å². The number of hydrogen-bond acceptors (Lipinski definition) is 3. The predicted octanol–water partition coefficient (Wildman–Crippen LogP) is 3.10. The summed E-state index contributed by atoms with van der Waals surface area (Å²) < 4.78 is 0. The number of nitrogen functional groups attached to an aromatic ring is 1. The van der Waals surface area contributed by atoms with Crippen molar-refractivity contribution in [3.05, 3.63) is 59.2 Å². The van der Waals surface area contributed by atoms with Crippen molar-refractivity contribution in [3.63, 3.8) is 0 Å². The number of anilines is 2. The molecule has 96 valence electrons. The topological polar surface area (TPSA) is 61.8 Å². The lowest BCUT2D eigenvalue weighted by Crippen LogP contribution is -2.06. The number of nitrogens with one attached hydrogen (secondary N) is 1. The molecule has 3 heteroatoms. The smallest absolute Gasteiger partial charge is 0.101 e. The summed E-state index contributed by atoms with van der Waals surface area (Å²) in [6, 6.07) is 15.9. The quantitative estimate of drug-likeness (QED) is 0.821. The van der Waals surface area contributed by atoms with Crippen LogP contribution in [0.1, 0.15) is 16.7 Å². The standard InChI is InChI=1S/C16H17N3/c1-12-4-2-3-5-13(12)8-9-19-15-6-7-16(18)14(10-15)11-17/h2-7,10,19H,8-9,18H2,1H3. The van der Waals surface area contributed by atoms with Gasteiger partial charge in [-0.3, -0.25) is 0 Å². The van der Waals surface area contributed by atoms with Gasteiger partial charge in [-0.25, -0.2) is 0 Å². The molecule has 19 heavy (non-hydrogen) atoms. The lowest BCUT2D eigenvalue weighted by atomic mass is 10.1. The minimum absolute atomic E-state index is 0.515. The summed E-state index contributed by atoms with van der Waals surface area (Å²) in [5.74, 6) is 0. The van der Waals surface area contributed by atoms with Crippen LogP contribution in [0, 0.1) is 18.3 Å². The van der Waals surface area contributed by atoms with Crippen LogP contribution < -0.4 is 11.1 Å². The largest absolute Gasteiger partial charge is 0.398 e. The van der Waals surface area contributed by atoms with Crippen molar-refractivity contribution in [3.8, 4) is 6.07 Å². The van der Waals surface area contributed by atoms with Crippen LogP contribution in [0.3, 0.4) is 0 Å². The number of aryl methyl sites for hydroxylation is 1. The number of benzene rings is 2. The SMILES string of the molecule is Cc1ccccc1CCNc1ccc(N)c(C#N)c1. The van der Waals surface area contributed by atoms with E-state index in [4.69, 9.17) is 11.0 Å². The monoisotopic (exact) mass is 251 g/mol. The molecule has 0 saturated heterocycles. The first-order valence-electron chi connectivity index (χ1n) is 6.28. The highest BCUT2D eigenvalue weighted by atomic mass is 14.9. The first-order chi connectivity index (χ1) is 9.20. The van der Waals surface area contributed by atoms with Crippen molar-refractivity contribution < 1.29 is 0 Å². The predicted molar refractivity (Wildman–Crippen MR) is 78.9 cm³/mol. The van der Waals surface area contributed by atoms with Crippen molar-refractivity contribution >= 4 is 11.4 Å². The van der Waals surface area contributed by atoms with Gasteiger partial charge < -0.3 is 11.1 Å². The van der Waals surface area contributed by atoms with Crippen molar-refractivity contribution in [2.24, 2.45) is 0 Å². The molecule has 3 nitrogen and oxygen atoms in total. The third-order valence-electron chi connectivity index (χ3n) is 3.16. The molecule has 2 aromatic rings. The summed E-state index contributed by atoms with van der Waals surface area (Å²) in [4.78, 5) is 0. The Morgan fingerprint density at radius 1 is 1.21 bits per heavy atom. The van der Waals surface area contributed by atoms with Gasteiger partial charge in [0.05, 0.1) is 5.56 Å². The number of hydrogen-bond donors (Lipinski definition) is 2. The van der Waals surface area contributed by atoms with Crippen molar-refractivity contribution in [1.29, 1.82) is 5.26 Å². The summed E-state index contributed by atoms with van der Waals surface area (Å²) >= 11 is 0. The van der Waals surface area contributed by atoms with Gasteiger partial charge in [-0.05, 0) is 42.7 Å². The average Bonchev–Trinajstić information content (AvgIpc) is 2.43. The summed E-state index contributed by atoms with van der Waals surface area (Å²) in [7, 11) is 0. The molecular weight excluding hydrogens is 234 g/mol. The summed E-state index contributed by atoms with van der Waals surface area (Å²) in [6.45, 7) is 2.95. The number of nitriles is 1. The average molecular weight is 251 g/mol. The maximum Gasteiger partial charge on any atom is 0.101 e. The molecule has 0 aliphatic rings. The number of rotatable bonds is 4.